The molecule has 0 amide bonds. The number of hydrogen-bond acceptors (Lipinski definition) is 8. The molecule has 7 aliphatic rings. The first-order valence-corrected chi connectivity index (χ1v) is 28.0. The van der Waals surface area contributed by atoms with E-state index in [2.05, 4.69) is 65.6 Å². The number of fused-ring (bicyclic) bond motifs is 7. The van der Waals surface area contributed by atoms with Gasteiger partial charge in [0, 0.05) is 31.7 Å². The molecular formula is C52H77FN2O6S2. The summed E-state index contributed by atoms with van der Waals surface area (Å²) in [5.74, 6) is 2.43. The van der Waals surface area contributed by atoms with Crippen LogP contribution in [0.3, 0.4) is 0 Å². The number of nitrogens with zero attached hydrogens (tertiary/aromatic N) is 1. The molecule has 63 heavy (non-hydrogen) atoms. The van der Waals surface area contributed by atoms with E-state index < -0.39 is 37.7 Å². The average Bonchev–Trinajstić information content (AvgIpc) is 3.63. The lowest BCUT2D eigenvalue weighted by molar-refractivity contribution is -0.221. The largest absolute Gasteiger partial charge is 0.460 e. The minimum absolute atomic E-state index is 0.0572. The fourth-order valence-electron chi connectivity index (χ4n) is 15.8. The van der Waals surface area contributed by atoms with Crippen LogP contribution >= 0.6 is 0 Å². The van der Waals surface area contributed by atoms with Crippen molar-refractivity contribution in [2.45, 2.75) is 131 Å². The molecular weight excluding hydrogens is 832 g/mol. The van der Waals surface area contributed by atoms with Crippen LogP contribution in [0, 0.1) is 56.7 Å². The van der Waals surface area contributed by atoms with Gasteiger partial charge in [-0.2, -0.15) is 0 Å². The van der Waals surface area contributed by atoms with E-state index >= 15 is 0 Å². The molecule has 0 aromatic heterocycles. The monoisotopic (exact) mass is 909 g/mol. The maximum absolute atomic E-state index is 14.8. The third-order valence-electron chi connectivity index (χ3n) is 19.5. The lowest BCUT2D eigenvalue weighted by Crippen LogP contribution is -2.68. The molecule has 8 nitrogen and oxygen atoms in total. The van der Waals surface area contributed by atoms with Crippen molar-refractivity contribution in [3.63, 3.8) is 0 Å². The molecule has 8 rings (SSSR count). The van der Waals surface area contributed by atoms with E-state index in [4.69, 9.17) is 4.74 Å². The number of benzene rings is 1. The molecule has 1 aromatic carbocycles. The number of carbonyl (C=O) groups excluding carboxylic acids is 1. The molecule has 4 saturated carbocycles. The number of rotatable bonds is 13. The number of alkyl halides is 1. The number of carbonyl (C=O) groups is 1. The number of esters is 1. The maximum Gasteiger partial charge on any atom is 0.315 e. The Morgan fingerprint density at radius 3 is 2.29 bits per heavy atom. The van der Waals surface area contributed by atoms with Crippen molar-refractivity contribution in [2.75, 3.05) is 55.9 Å². The van der Waals surface area contributed by atoms with Crippen molar-refractivity contribution >= 4 is 25.6 Å². The topological polar surface area (TPSA) is 110 Å². The van der Waals surface area contributed by atoms with Gasteiger partial charge in [-0.1, -0.05) is 89.3 Å². The number of hydrogen-bond donors (Lipinski definition) is 1. The number of halogens is 1. The molecule has 0 spiro atoms. The van der Waals surface area contributed by atoms with E-state index in [1.165, 1.54) is 42.4 Å². The van der Waals surface area contributed by atoms with E-state index in [0.29, 0.717) is 75.0 Å². The quantitative estimate of drug-likeness (QED) is 0.154. The first-order chi connectivity index (χ1) is 29.6. The molecule has 11 heteroatoms. The van der Waals surface area contributed by atoms with Gasteiger partial charge in [-0.3, -0.25) is 4.79 Å². The van der Waals surface area contributed by atoms with Crippen molar-refractivity contribution < 1.29 is 30.8 Å². The standard InChI is InChI=1S/C52H77FN2O6S2/c1-37(2)40-17-24-52(54-27-31-62(57,58)32-28-55-29-33-63(59,60)34-30-55)26-25-49(6)42(45(40)52)13-14-44-48(5)20-18-41(47(3,4)43(48)19-21-50(44,49)7)39-15-22-51(36-53,23-16-39)46(56)61-35-38-11-9-8-10-12-38/h8-12,15,18,40,42-45,54H,1,13-14,16-17,19-36H2,2-7H3/t40?,42-,43+,44-,45-,48+,49-,50-,51+,52+/m1/s1. The van der Waals surface area contributed by atoms with Crippen molar-refractivity contribution in [3.05, 3.63) is 71.3 Å². The summed E-state index contributed by atoms with van der Waals surface area (Å²) in [5, 5.41) is 3.98. The van der Waals surface area contributed by atoms with Crippen molar-refractivity contribution in [3.8, 4) is 0 Å². The molecule has 1 heterocycles. The first kappa shape index (κ1) is 47.2. The van der Waals surface area contributed by atoms with E-state index in [9.17, 15) is 26.0 Å². The first-order valence-electron chi connectivity index (χ1n) is 24.4. The SMILES string of the molecule is C=C(C)C1CC[C@]2(NCCS(=O)(=O)CCN3CCS(=O)(=O)CC3)CC[C@]3(C)[C@H](CC[C@@H]4[C@@]5(C)CC=C(C6=CC[C@](CF)(C(=O)OCc7ccccc7)CC6)C(C)(C)[C@@H]5CC[C@]43C)[C@@H]12. The number of ether oxygens (including phenoxy) is 1. The van der Waals surface area contributed by atoms with Gasteiger partial charge >= 0.3 is 5.97 Å². The highest BCUT2D eigenvalue weighted by atomic mass is 32.2. The summed E-state index contributed by atoms with van der Waals surface area (Å²) < 4.78 is 71.0. The van der Waals surface area contributed by atoms with Gasteiger partial charge in [-0.25, -0.2) is 21.2 Å². The van der Waals surface area contributed by atoms with Crippen molar-refractivity contribution in [1.29, 1.82) is 0 Å². The molecule has 1 N–H and O–H groups in total. The third-order valence-corrected chi connectivity index (χ3v) is 22.8. The summed E-state index contributed by atoms with van der Waals surface area (Å²) in [6, 6.07) is 9.61. The van der Waals surface area contributed by atoms with E-state index in [0.717, 1.165) is 37.7 Å². The minimum atomic E-state index is -3.31. The number of nitrogens with one attached hydrogen (secondary N) is 1. The second kappa shape index (κ2) is 17.1. The van der Waals surface area contributed by atoms with Crippen molar-refractivity contribution in [2.24, 2.45) is 56.7 Å². The maximum atomic E-state index is 14.8. The minimum Gasteiger partial charge on any atom is -0.460 e. The Balaban J connectivity index is 0.965. The van der Waals surface area contributed by atoms with Gasteiger partial charge in [0.2, 0.25) is 0 Å². The van der Waals surface area contributed by atoms with E-state index in [1.807, 2.05) is 35.2 Å². The highest BCUT2D eigenvalue weighted by molar-refractivity contribution is 7.91. The summed E-state index contributed by atoms with van der Waals surface area (Å²) in [5.41, 5.74) is 4.06. The summed E-state index contributed by atoms with van der Waals surface area (Å²) in [6.45, 7) is 20.7. The van der Waals surface area contributed by atoms with Crippen LogP contribution in [0.15, 0.2) is 65.8 Å². The number of sulfone groups is 2. The molecule has 1 aromatic rings. The highest BCUT2D eigenvalue weighted by Crippen LogP contribution is 2.76. The Labute approximate surface area is 379 Å². The number of allylic oxidation sites excluding steroid dienone is 5. The second-order valence-corrected chi connectivity index (χ2v) is 27.5. The van der Waals surface area contributed by atoms with Gasteiger partial charge < -0.3 is 15.0 Å². The molecule has 1 saturated heterocycles. The predicted molar refractivity (Wildman–Crippen MR) is 251 cm³/mol. The Morgan fingerprint density at radius 2 is 1.62 bits per heavy atom. The van der Waals surface area contributed by atoms with Gasteiger partial charge in [0.25, 0.3) is 0 Å². The second-order valence-electron chi connectivity index (χ2n) is 22.9. The summed E-state index contributed by atoms with van der Waals surface area (Å²) in [7, 11) is -6.31. The lowest BCUT2D eigenvalue weighted by Gasteiger charge is -2.72. The van der Waals surface area contributed by atoms with Gasteiger partial charge in [-0.05, 0) is 152 Å². The summed E-state index contributed by atoms with van der Waals surface area (Å²) in [6.07, 6.45) is 16.4. The van der Waals surface area contributed by atoms with Gasteiger partial charge in [0.1, 0.15) is 13.3 Å². The molecule has 1 aliphatic heterocycles. The van der Waals surface area contributed by atoms with Crippen LogP contribution < -0.4 is 5.32 Å². The molecule has 6 aliphatic carbocycles. The fourth-order valence-corrected chi connectivity index (χ4v) is 18.2. The molecule has 0 bridgehead atoms. The van der Waals surface area contributed by atoms with Crippen LogP contribution in [-0.2, 0) is 35.8 Å². The molecule has 0 radical (unpaired) electrons. The van der Waals surface area contributed by atoms with Gasteiger partial charge in [0.15, 0.2) is 19.7 Å². The zero-order valence-electron chi connectivity index (χ0n) is 39.3. The van der Waals surface area contributed by atoms with Crippen LogP contribution in [-0.4, -0.2) is 89.1 Å². The smallest absolute Gasteiger partial charge is 0.315 e. The van der Waals surface area contributed by atoms with Gasteiger partial charge in [0.05, 0.1) is 28.4 Å². The summed E-state index contributed by atoms with van der Waals surface area (Å²) in [4.78, 5) is 15.4. The molecule has 10 atom stereocenters. The van der Waals surface area contributed by atoms with Crippen LogP contribution in [0.25, 0.3) is 0 Å². The van der Waals surface area contributed by atoms with Gasteiger partial charge in [-0.15, -0.1) is 0 Å². The molecule has 350 valence electrons. The Bertz CT molecular complexity index is 2190. The third kappa shape index (κ3) is 8.29. The Kier molecular flexibility index (Phi) is 12.8. The zero-order chi connectivity index (χ0) is 45.3. The van der Waals surface area contributed by atoms with Crippen LogP contribution in [0.5, 0.6) is 0 Å². The molecule has 5 fully saturated rings. The van der Waals surface area contributed by atoms with Crippen molar-refractivity contribution in [1.82, 2.24) is 10.2 Å². The zero-order valence-corrected chi connectivity index (χ0v) is 40.9. The van der Waals surface area contributed by atoms with Crippen LogP contribution in [0.2, 0.25) is 0 Å². The predicted octanol–water partition coefficient (Wildman–Crippen LogP) is 9.48. The normalized spacial score (nSPS) is 39.7. The van der Waals surface area contributed by atoms with Crippen LogP contribution in [0.1, 0.15) is 124 Å². The summed E-state index contributed by atoms with van der Waals surface area (Å²) >= 11 is 0. The molecule has 1 unspecified atom stereocenters. The van der Waals surface area contributed by atoms with E-state index in [-0.39, 0.29) is 56.8 Å². The fraction of sp³-hybridized carbons (Fsp3) is 0.750. The Hall–Kier alpha value is -2.34. The Morgan fingerprint density at radius 1 is 0.889 bits per heavy atom. The lowest BCUT2D eigenvalue weighted by atomic mass is 9.33. The average molecular weight is 909 g/mol. The van der Waals surface area contributed by atoms with Crippen LogP contribution in [0.4, 0.5) is 4.39 Å². The van der Waals surface area contributed by atoms with E-state index in [1.54, 1.807) is 0 Å². The highest BCUT2D eigenvalue weighted by Gasteiger charge is 2.70.